The van der Waals surface area contributed by atoms with Crippen LogP contribution >= 0.6 is 0 Å². The summed E-state index contributed by atoms with van der Waals surface area (Å²) in [5.41, 5.74) is 1.38. The first kappa shape index (κ1) is 11.9. The number of benzene rings is 1. The number of nitrogens with one attached hydrogen (secondary N) is 1. The molecular weight excluding hydrogens is 218 g/mol. The van der Waals surface area contributed by atoms with E-state index in [4.69, 9.17) is 4.74 Å². The van der Waals surface area contributed by atoms with Crippen LogP contribution in [0.1, 0.15) is 18.4 Å². The van der Waals surface area contributed by atoms with Crippen molar-refractivity contribution in [2.24, 2.45) is 5.92 Å². The SMILES string of the molecule is Cc1c(O)cccc1NC(=O)C1CCOCC1. The molecule has 1 saturated heterocycles. The van der Waals surface area contributed by atoms with E-state index in [-0.39, 0.29) is 17.6 Å². The number of hydrogen-bond acceptors (Lipinski definition) is 3. The van der Waals surface area contributed by atoms with Gasteiger partial charge < -0.3 is 15.2 Å². The molecule has 1 fully saturated rings. The molecule has 0 saturated carbocycles. The molecule has 17 heavy (non-hydrogen) atoms. The molecule has 0 bridgehead atoms. The molecule has 92 valence electrons. The molecule has 0 unspecified atom stereocenters. The standard InChI is InChI=1S/C13H17NO3/c1-9-11(3-2-4-12(9)15)14-13(16)10-5-7-17-8-6-10/h2-4,10,15H,5-8H2,1H3,(H,14,16). The summed E-state index contributed by atoms with van der Waals surface area (Å²) >= 11 is 0. The number of phenolic OH excluding ortho intramolecular Hbond substituents is 1. The summed E-state index contributed by atoms with van der Waals surface area (Å²) in [5, 5.41) is 12.4. The topological polar surface area (TPSA) is 58.6 Å². The van der Waals surface area contributed by atoms with Gasteiger partial charge in [-0.1, -0.05) is 6.07 Å². The lowest BCUT2D eigenvalue weighted by molar-refractivity contribution is -0.122. The zero-order chi connectivity index (χ0) is 12.3. The Bertz CT molecular complexity index is 411. The lowest BCUT2D eigenvalue weighted by Gasteiger charge is -2.21. The Labute approximate surface area is 101 Å². The van der Waals surface area contributed by atoms with Crippen LogP contribution in [0.4, 0.5) is 5.69 Å². The van der Waals surface area contributed by atoms with Crippen molar-refractivity contribution < 1.29 is 14.6 Å². The summed E-state index contributed by atoms with van der Waals surface area (Å²) in [6.45, 7) is 3.09. The van der Waals surface area contributed by atoms with E-state index >= 15 is 0 Å². The predicted molar refractivity (Wildman–Crippen MR) is 65.0 cm³/mol. The zero-order valence-corrected chi connectivity index (χ0v) is 9.90. The van der Waals surface area contributed by atoms with Crippen molar-refractivity contribution in [3.63, 3.8) is 0 Å². The van der Waals surface area contributed by atoms with Gasteiger partial charge in [0.1, 0.15) is 5.75 Å². The Hall–Kier alpha value is -1.55. The van der Waals surface area contributed by atoms with Crippen LogP contribution in [0.15, 0.2) is 18.2 Å². The monoisotopic (exact) mass is 235 g/mol. The van der Waals surface area contributed by atoms with Crippen LogP contribution in [0.3, 0.4) is 0 Å². The van der Waals surface area contributed by atoms with Gasteiger partial charge in [0, 0.05) is 30.4 Å². The normalized spacial score (nSPS) is 16.8. The fourth-order valence-electron chi connectivity index (χ4n) is 1.95. The van der Waals surface area contributed by atoms with Crippen molar-refractivity contribution in [3.05, 3.63) is 23.8 Å². The summed E-state index contributed by atoms with van der Waals surface area (Å²) < 4.78 is 5.22. The molecule has 1 aliphatic rings. The van der Waals surface area contributed by atoms with Gasteiger partial charge in [0.15, 0.2) is 0 Å². The van der Waals surface area contributed by atoms with Crippen molar-refractivity contribution in [2.45, 2.75) is 19.8 Å². The fourth-order valence-corrected chi connectivity index (χ4v) is 1.95. The highest BCUT2D eigenvalue weighted by atomic mass is 16.5. The van der Waals surface area contributed by atoms with E-state index in [1.165, 1.54) is 0 Å². The first-order valence-corrected chi connectivity index (χ1v) is 5.85. The van der Waals surface area contributed by atoms with Crippen LogP contribution in [-0.4, -0.2) is 24.2 Å². The molecule has 1 aromatic carbocycles. The third kappa shape index (κ3) is 2.77. The van der Waals surface area contributed by atoms with Gasteiger partial charge >= 0.3 is 0 Å². The molecule has 2 rings (SSSR count). The van der Waals surface area contributed by atoms with E-state index in [0.29, 0.717) is 24.5 Å². The van der Waals surface area contributed by atoms with Crippen molar-refractivity contribution >= 4 is 11.6 Å². The lowest BCUT2D eigenvalue weighted by Crippen LogP contribution is -2.28. The molecule has 0 aromatic heterocycles. The van der Waals surface area contributed by atoms with E-state index in [1.54, 1.807) is 25.1 Å². The van der Waals surface area contributed by atoms with Gasteiger partial charge in [0.25, 0.3) is 0 Å². The molecular formula is C13H17NO3. The largest absolute Gasteiger partial charge is 0.508 e. The highest BCUT2D eigenvalue weighted by molar-refractivity contribution is 5.93. The molecule has 1 aliphatic heterocycles. The number of aromatic hydroxyl groups is 1. The molecule has 1 heterocycles. The maximum atomic E-state index is 12.0. The summed E-state index contributed by atoms with van der Waals surface area (Å²) in [6.07, 6.45) is 1.54. The van der Waals surface area contributed by atoms with Crippen LogP contribution in [0.2, 0.25) is 0 Å². The van der Waals surface area contributed by atoms with E-state index in [1.807, 2.05) is 0 Å². The maximum Gasteiger partial charge on any atom is 0.227 e. The molecule has 4 heteroatoms. The minimum atomic E-state index is 0.0157. The summed E-state index contributed by atoms with van der Waals surface area (Å²) in [6, 6.07) is 5.13. The molecule has 1 aromatic rings. The second kappa shape index (κ2) is 5.19. The number of carbonyl (C=O) groups excluding carboxylic acids is 1. The average molecular weight is 235 g/mol. The van der Waals surface area contributed by atoms with Crippen LogP contribution in [0, 0.1) is 12.8 Å². The molecule has 1 amide bonds. The van der Waals surface area contributed by atoms with E-state index in [2.05, 4.69) is 5.32 Å². The average Bonchev–Trinajstić information content (AvgIpc) is 2.36. The Balaban J connectivity index is 2.04. The van der Waals surface area contributed by atoms with Crippen molar-refractivity contribution in [3.8, 4) is 5.75 Å². The molecule has 4 nitrogen and oxygen atoms in total. The number of amides is 1. The smallest absolute Gasteiger partial charge is 0.227 e. The number of carbonyl (C=O) groups is 1. The number of hydrogen-bond donors (Lipinski definition) is 2. The number of ether oxygens (including phenoxy) is 1. The van der Waals surface area contributed by atoms with Gasteiger partial charge in [-0.2, -0.15) is 0 Å². The van der Waals surface area contributed by atoms with E-state index in [9.17, 15) is 9.90 Å². The molecule has 0 aliphatic carbocycles. The highest BCUT2D eigenvalue weighted by Gasteiger charge is 2.22. The Kier molecular flexibility index (Phi) is 3.64. The maximum absolute atomic E-state index is 12.0. The Morgan fingerprint density at radius 3 is 2.82 bits per heavy atom. The third-order valence-electron chi connectivity index (χ3n) is 3.16. The van der Waals surface area contributed by atoms with Crippen LogP contribution < -0.4 is 5.32 Å². The number of phenols is 1. The van der Waals surface area contributed by atoms with E-state index in [0.717, 1.165) is 12.8 Å². The van der Waals surface area contributed by atoms with Gasteiger partial charge in [0.2, 0.25) is 5.91 Å². The van der Waals surface area contributed by atoms with Gasteiger partial charge in [-0.15, -0.1) is 0 Å². The second-order valence-electron chi connectivity index (χ2n) is 4.33. The lowest BCUT2D eigenvalue weighted by atomic mass is 9.99. The summed E-state index contributed by atoms with van der Waals surface area (Å²) in [7, 11) is 0. The van der Waals surface area contributed by atoms with Gasteiger partial charge in [0.05, 0.1) is 0 Å². The fraction of sp³-hybridized carbons (Fsp3) is 0.462. The van der Waals surface area contributed by atoms with Crippen molar-refractivity contribution in [1.29, 1.82) is 0 Å². The predicted octanol–water partition coefficient (Wildman–Crippen LogP) is 2.07. The van der Waals surface area contributed by atoms with E-state index < -0.39 is 0 Å². The minimum Gasteiger partial charge on any atom is -0.508 e. The second-order valence-corrected chi connectivity index (χ2v) is 4.33. The summed E-state index contributed by atoms with van der Waals surface area (Å²) in [4.78, 5) is 12.0. The van der Waals surface area contributed by atoms with Gasteiger partial charge in [-0.05, 0) is 31.9 Å². The molecule has 0 radical (unpaired) electrons. The highest BCUT2D eigenvalue weighted by Crippen LogP contribution is 2.25. The van der Waals surface area contributed by atoms with Crippen LogP contribution in [0.25, 0.3) is 0 Å². The molecule has 0 spiro atoms. The summed E-state index contributed by atoms with van der Waals surface area (Å²) in [5.74, 6) is 0.238. The zero-order valence-electron chi connectivity index (χ0n) is 9.90. The Morgan fingerprint density at radius 2 is 2.12 bits per heavy atom. The third-order valence-corrected chi connectivity index (χ3v) is 3.16. The first-order chi connectivity index (χ1) is 8.18. The number of rotatable bonds is 2. The van der Waals surface area contributed by atoms with Gasteiger partial charge in [-0.25, -0.2) is 0 Å². The Morgan fingerprint density at radius 1 is 1.41 bits per heavy atom. The van der Waals surface area contributed by atoms with Crippen LogP contribution in [-0.2, 0) is 9.53 Å². The van der Waals surface area contributed by atoms with Crippen molar-refractivity contribution in [2.75, 3.05) is 18.5 Å². The number of anilines is 1. The quantitative estimate of drug-likeness (QED) is 0.825. The first-order valence-electron chi connectivity index (χ1n) is 5.85. The van der Waals surface area contributed by atoms with Crippen molar-refractivity contribution in [1.82, 2.24) is 0 Å². The molecule has 2 N–H and O–H groups in total. The molecule has 0 atom stereocenters. The minimum absolute atomic E-state index is 0.0157. The van der Waals surface area contributed by atoms with Crippen LogP contribution in [0.5, 0.6) is 5.75 Å². The van der Waals surface area contributed by atoms with Gasteiger partial charge in [-0.3, -0.25) is 4.79 Å².